The standard InChI is InChI=1S/C26H24N2O5/c1-16-25-19(14-28(15-32-25)13-18-5-4-8-27-12-18)11-20-24(29)23(33-26(16)20)10-17-6-7-21(30-2)22(9-17)31-3/h4-12H,13-15H2,1-3H3/b23-10+. The lowest BCUT2D eigenvalue weighted by atomic mass is 10.00. The van der Waals surface area contributed by atoms with Crippen molar-refractivity contribution in [3.63, 3.8) is 0 Å². The van der Waals surface area contributed by atoms with Crippen LogP contribution in [-0.2, 0) is 13.1 Å². The fourth-order valence-electron chi connectivity index (χ4n) is 4.24. The van der Waals surface area contributed by atoms with Crippen molar-refractivity contribution in [3.8, 4) is 23.0 Å². The highest BCUT2D eigenvalue weighted by Crippen LogP contribution is 2.43. The molecule has 0 atom stereocenters. The van der Waals surface area contributed by atoms with Crippen molar-refractivity contribution in [1.82, 2.24) is 9.88 Å². The molecule has 0 N–H and O–H groups in total. The molecule has 2 aliphatic rings. The van der Waals surface area contributed by atoms with Crippen LogP contribution in [0.4, 0.5) is 0 Å². The zero-order valence-corrected chi connectivity index (χ0v) is 18.8. The van der Waals surface area contributed by atoms with Crippen LogP contribution in [0.15, 0.2) is 54.6 Å². The smallest absolute Gasteiger partial charge is 0.231 e. The molecular weight excluding hydrogens is 420 g/mol. The molecule has 3 heterocycles. The van der Waals surface area contributed by atoms with E-state index in [2.05, 4.69) is 9.88 Å². The first-order chi connectivity index (χ1) is 16.1. The summed E-state index contributed by atoms with van der Waals surface area (Å²) in [6, 6.07) is 11.3. The Morgan fingerprint density at radius 1 is 1.12 bits per heavy atom. The van der Waals surface area contributed by atoms with Gasteiger partial charge in [-0.2, -0.15) is 0 Å². The number of rotatable bonds is 5. The van der Waals surface area contributed by atoms with Gasteiger partial charge >= 0.3 is 0 Å². The fraction of sp³-hybridized carbons (Fsp3) is 0.231. The van der Waals surface area contributed by atoms with E-state index in [9.17, 15) is 4.79 Å². The molecule has 7 heteroatoms. The number of methoxy groups -OCH3 is 2. The molecule has 2 aromatic carbocycles. The van der Waals surface area contributed by atoms with Gasteiger partial charge in [-0.3, -0.25) is 14.7 Å². The van der Waals surface area contributed by atoms with Crippen LogP contribution < -0.4 is 18.9 Å². The maximum absolute atomic E-state index is 13.2. The first kappa shape index (κ1) is 21.0. The molecule has 0 saturated heterocycles. The molecule has 5 rings (SSSR count). The molecule has 33 heavy (non-hydrogen) atoms. The Balaban J connectivity index is 1.42. The van der Waals surface area contributed by atoms with Gasteiger partial charge in [0.25, 0.3) is 0 Å². The summed E-state index contributed by atoms with van der Waals surface area (Å²) >= 11 is 0. The molecular formula is C26H24N2O5. The normalized spacial score (nSPS) is 16.1. The number of benzene rings is 2. The monoisotopic (exact) mass is 444 g/mol. The van der Waals surface area contributed by atoms with Gasteiger partial charge in [0.15, 0.2) is 17.3 Å². The summed E-state index contributed by atoms with van der Waals surface area (Å²) in [7, 11) is 3.16. The molecule has 1 aromatic heterocycles. The number of carbonyl (C=O) groups excluding carboxylic acids is 1. The second-order valence-electron chi connectivity index (χ2n) is 8.04. The van der Waals surface area contributed by atoms with Crippen LogP contribution in [0.1, 0.15) is 32.6 Å². The number of ether oxygens (including phenoxy) is 4. The average molecular weight is 444 g/mol. The maximum atomic E-state index is 13.2. The highest BCUT2D eigenvalue weighted by Gasteiger charge is 2.33. The number of hydrogen-bond donors (Lipinski definition) is 0. The van der Waals surface area contributed by atoms with Crippen LogP contribution in [-0.4, -0.2) is 36.6 Å². The summed E-state index contributed by atoms with van der Waals surface area (Å²) in [5.74, 6) is 2.69. The van der Waals surface area contributed by atoms with Gasteiger partial charge in [-0.05, 0) is 48.4 Å². The lowest BCUT2D eigenvalue weighted by Crippen LogP contribution is -2.32. The molecule has 0 fully saturated rings. The van der Waals surface area contributed by atoms with E-state index in [1.165, 1.54) is 0 Å². The second-order valence-corrected chi connectivity index (χ2v) is 8.04. The van der Waals surface area contributed by atoms with Gasteiger partial charge in [0.1, 0.15) is 18.2 Å². The van der Waals surface area contributed by atoms with Crippen molar-refractivity contribution in [3.05, 3.63) is 82.4 Å². The number of hydrogen-bond acceptors (Lipinski definition) is 7. The molecule has 168 valence electrons. The minimum Gasteiger partial charge on any atom is -0.493 e. The van der Waals surface area contributed by atoms with Crippen LogP contribution in [0.25, 0.3) is 6.08 Å². The van der Waals surface area contributed by atoms with E-state index in [1.54, 1.807) is 32.6 Å². The highest BCUT2D eigenvalue weighted by molar-refractivity contribution is 6.15. The van der Waals surface area contributed by atoms with E-state index in [1.807, 2.05) is 43.5 Å². The van der Waals surface area contributed by atoms with Crippen LogP contribution in [0, 0.1) is 6.92 Å². The molecule has 0 spiro atoms. The molecule has 0 amide bonds. The Morgan fingerprint density at radius 2 is 1.97 bits per heavy atom. The van der Waals surface area contributed by atoms with Gasteiger partial charge in [-0.1, -0.05) is 12.1 Å². The number of pyridine rings is 1. The molecule has 0 saturated carbocycles. The lowest BCUT2D eigenvalue weighted by molar-refractivity contribution is 0.0876. The third kappa shape index (κ3) is 3.91. The first-order valence-corrected chi connectivity index (χ1v) is 10.6. The van der Waals surface area contributed by atoms with Crippen LogP contribution in [0.5, 0.6) is 23.0 Å². The van der Waals surface area contributed by atoms with Gasteiger partial charge in [0.2, 0.25) is 5.78 Å². The molecule has 0 aliphatic carbocycles. The molecule has 2 aliphatic heterocycles. The lowest BCUT2D eigenvalue weighted by Gasteiger charge is -2.30. The van der Waals surface area contributed by atoms with E-state index in [0.29, 0.717) is 36.1 Å². The molecule has 0 radical (unpaired) electrons. The zero-order valence-electron chi connectivity index (χ0n) is 18.8. The summed E-state index contributed by atoms with van der Waals surface area (Å²) in [6.45, 7) is 3.80. The Morgan fingerprint density at radius 3 is 2.73 bits per heavy atom. The van der Waals surface area contributed by atoms with Gasteiger partial charge in [-0.15, -0.1) is 0 Å². The summed E-state index contributed by atoms with van der Waals surface area (Å²) < 4.78 is 22.7. The Hall–Kier alpha value is -3.84. The van der Waals surface area contributed by atoms with Crippen LogP contribution in [0.3, 0.4) is 0 Å². The zero-order chi connectivity index (χ0) is 22.9. The van der Waals surface area contributed by atoms with Crippen molar-refractivity contribution >= 4 is 11.9 Å². The van der Waals surface area contributed by atoms with Gasteiger partial charge < -0.3 is 18.9 Å². The van der Waals surface area contributed by atoms with Crippen molar-refractivity contribution in [2.45, 2.75) is 20.0 Å². The number of fused-ring (bicyclic) bond motifs is 2. The van der Waals surface area contributed by atoms with E-state index in [4.69, 9.17) is 18.9 Å². The van der Waals surface area contributed by atoms with Gasteiger partial charge in [-0.25, -0.2) is 0 Å². The number of carbonyl (C=O) groups is 1. The third-order valence-corrected chi connectivity index (χ3v) is 5.84. The fourth-order valence-corrected chi connectivity index (χ4v) is 4.24. The molecule has 3 aromatic rings. The van der Waals surface area contributed by atoms with Crippen LogP contribution in [0.2, 0.25) is 0 Å². The van der Waals surface area contributed by atoms with Crippen molar-refractivity contribution < 1.29 is 23.7 Å². The SMILES string of the molecule is COc1ccc(/C=C2/Oc3c(cc4c(c3C)OCN(Cc3cccnc3)C4)C2=O)cc1OC. The number of aromatic nitrogens is 1. The molecule has 7 nitrogen and oxygen atoms in total. The molecule has 0 bridgehead atoms. The summed E-state index contributed by atoms with van der Waals surface area (Å²) in [5.41, 5.74) is 4.27. The van der Waals surface area contributed by atoms with E-state index >= 15 is 0 Å². The molecule has 0 unspecified atom stereocenters. The van der Waals surface area contributed by atoms with E-state index in [-0.39, 0.29) is 11.5 Å². The van der Waals surface area contributed by atoms with Gasteiger partial charge in [0.05, 0.1) is 19.8 Å². The summed E-state index contributed by atoms with van der Waals surface area (Å²) in [4.78, 5) is 19.5. The third-order valence-electron chi connectivity index (χ3n) is 5.84. The predicted molar refractivity (Wildman–Crippen MR) is 123 cm³/mol. The Bertz CT molecular complexity index is 1250. The van der Waals surface area contributed by atoms with E-state index < -0.39 is 0 Å². The highest BCUT2D eigenvalue weighted by atomic mass is 16.5. The quantitative estimate of drug-likeness (QED) is 0.541. The Labute approximate surface area is 192 Å². The largest absolute Gasteiger partial charge is 0.493 e. The number of Topliss-reactive ketones (excluding diaryl/α,β-unsaturated/α-hetero) is 1. The van der Waals surface area contributed by atoms with E-state index in [0.717, 1.165) is 34.5 Å². The topological polar surface area (TPSA) is 70.1 Å². The second kappa shape index (κ2) is 8.60. The van der Waals surface area contributed by atoms with Crippen molar-refractivity contribution in [2.24, 2.45) is 0 Å². The van der Waals surface area contributed by atoms with Crippen LogP contribution >= 0.6 is 0 Å². The predicted octanol–water partition coefficient (Wildman–Crippen LogP) is 4.38. The summed E-state index contributed by atoms with van der Waals surface area (Å²) in [6.07, 6.45) is 5.33. The average Bonchev–Trinajstić information content (AvgIpc) is 3.15. The van der Waals surface area contributed by atoms with Crippen molar-refractivity contribution in [2.75, 3.05) is 21.0 Å². The Kier molecular flexibility index (Phi) is 5.48. The number of ketones is 1. The minimum atomic E-state index is -0.143. The van der Waals surface area contributed by atoms with Gasteiger partial charge in [0, 0.05) is 36.6 Å². The summed E-state index contributed by atoms with van der Waals surface area (Å²) in [5, 5.41) is 0. The maximum Gasteiger partial charge on any atom is 0.231 e. The number of allylic oxidation sites excluding steroid dienone is 1. The first-order valence-electron chi connectivity index (χ1n) is 10.6. The minimum absolute atomic E-state index is 0.143. The number of nitrogens with zero attached hydrogens (tertiary/aromatic N) is 2. The van der Waals surface area contributed by atoms with Crippen molar-refractivity contribution in [1.29, 1.82) is 0 Å².